The lowest BCUT2D eigenvalue weighted by Gasteiger charge is -2.17. The van der Waals surface area contributed by atoms with Crippen LogP contribution in [-0.2, 0) is 17.1 Å². The molecule has 0 bridgehead atoms. The molecule has 2 aromatic rings. The van der Waals surface area contributed by atoms with E-state index < -0.39 is 10.0 Å². The van der Waals surface area contributed by atoms with Crippen molar-refractivity contribution in [2.45, 2.75) is 24.8 Å². The highest BCUT2D eigenvalue weighted by molar-refractivity contribution is 7.89. The van der Waals surface area contributed by atoms with Gasteiger partial charge >= 0.3 is 0 Å². The molecule has 1 aromatic carbocycles. The highest BCUT2D eigenvalue weighted by Gasteiger charge is 2.15. The number of imidazole rings is 1. The summed E-state index contributed by atoms with van der Waals surface area (Å²) in [5.41, 5.74) is 1.76. The topological polar surface area (TPSA) is 76.0 Å². The lowest BCUT2D eigenvalue weighted by atomic mass is 10.2. The quantitative estimate of drug-likeness (QED) is 0.883. The normalized spacial score (nSPS) is 13.1. The van der Waals surface area contributed by atoms with Crippen molar-refractivity contribution in [3.8, 4) is 0 Å². The number of hydrogen-bond acceptors (Lipinski definition) is 4. The molecule has 0 radical (unpaired) electrons. The molecule has 114 valence electrons. The summed E-state index contributed by atoms with van der Waals surface area (Å²) < 4.78 is 28.0. The van der Waals surface area contributed by atoms with Crippen LogP contribution in [0.2, 0.25) is 0 Å². The molecule has 0 saturated carbocycles. The maximum Gasteiger partial charge on any atom is 0.240 e. The number of rotatable bonds is 5. The minimum absolute atomic E-state index is 0.0313. The Kier molecular flexibility index (Phi) is 4.34. The molecule has 1 aromatic heterocycles. The molecule has 2 rings (SSSR count). The van der Waals surface area contributed by atoms with Gasteiger partial charge in [0.15, 0.2) is 0 Å². The molecule has 0 saturated heterocycles. The van der Waals surface area contributed by atoms with Gasteiger partial charge in [0.2, 0.25) is 10.0 Å². The molecule has 7 heteroatoms. The van der Waals surface area contributed by atoms with Crippen LogP contribution in [0.25, 0.3) is 0 Å². The molecular formula is C14H20N4O2S. The fraction of sp³-hybridized carbons (Fsp3) is 0.357. The van der Waals surface area contributed by atoms with E-state index in [1.54, 1.807) is 24.4 Å². The van der Waals surface area contributed by atoms with E-state index >= 15 is 0 Å². The third-order valence-corrected chi connectivity index (χ3v) is 4.82. The number of benzene rings is 1. The fourth-order valence-electron chi connectivity index (χ4n) is 2.13. The number of aromatic nitrogens is 2. The Hall–Kier alpha value is -1.86. The molecule has 0 aliphatic rings. The number of sulfonamides is 1. The van der Waals surface area contributed by atoms with E-state index in [-0.39, 0.29) is 10.9 Å². The van der Waals surface area contributed by atoms with Crippen LogP contribution in [0.15, 0.2) is 35.5 Å². The van der Waals surface area contributed by atoms with Crippen LogP contribution in [-0.4, -0.2) is 25.0 Å². The Morgan fingerprint density at radius 2 is 2.05 bits per heavy atom. The van der Waals surface area contributed by atoms with Gasteiger partial charge in [0.05, 0.1) is 10.9 Å². The Labute approximate surface area is 125 Å². The molecule has 2 N–H and O–H groups in total. The van der Waals surface area contributed by atoms with Gasteiger partial charge in [-0.3, -0.25) is 0 Å². The van der Waals surface area contributed by atoms with Crippen LogP contribution in [0.3, 0.4) is 0 Å². The van der Waals surface area contributed by atoms with E-state index in [0.717, 1.165) is 17.1 Å². The fourth-order valence-corrected chi connectivity index (χ4v) is 2.89. The van der Waals surface area contributed by atoms with Crippen molar-refractivity contribution in [2.24, 2.45) is 7.05 Å². The van der Waals surface area contributed by atoms with Gasteiger partial charge < -0.3 is 9.88 Å². The zero-order valence-corrected chi connectivity index (χ0v) is 13.4. The summed E-state index contributed by atoms with van der Waals surface area (Å²) in [5.74, 6) is 0.885. The predicted molar refractivity (Wildman–Crippen MR) is 82.7 cm³/mol. The molecule has 0 fully saturated rings. The first-order chi connectivity index (χ1) is 9.85. The first kappa shape index (κ1) is 15.5. The number of hydrogen-bond donors (Lipinski definition) is 2. The molecule has 0 spiro atoms. The smallest absolute Gasteiger partial charge is 0.240 e. The number of nitrogens with zero attached hydrogens (tertiary/aromatic N) is 2. The van der Waals surface area contributed by atoms with Crippen molar-refractivity contribution in [3.63, 3.8) is 0 Å². The van der Waals surface area contributed by atoms with E-state index in [1.807, 2.05) is 31.7 Å². The lowest BCUT2D eigenvalue weighted by Crippen LogP contribution is -2.19. The molecule has 0 aliphatic heterocycles. The number of aryl methyl sites for hydroxylation is 2. The molecule has 0 amide bonds. The Morgan fingerprint density at radius 1 is 1.33 bits per heavy atom. The molecular weight excluding hydrogens is 288 g/mol. The van der Waals surface area contributed by atoms with Gasteiger partial charge in [0, 0.05) is 25.1 Å². The second-order valence-corrected chi connectivity index (χ2v) is 6.83. The largest absolute Gasteiger partial charge is 0.375 e. The summed E-state index contributed by atoms with van der Waals surface area (Å²) >= 11 is 0. The highest BCUT2D eigenvalue weighted by atomic mass is 32.2. The van der Waals surface area contributed by atoms with Crippen LogP contribution < -0.4 is 10.0 Å². The zero-order valence-electron chi connectivity index (χ0n) is 12.6. The summed E-state index contributed by atoms with van der Waals surface area (Å²) in [6, 6.07) is 4.99. The summed E-state index contributed by atoms with van der Waals surface area (Å²) in [4.78, 5) is 4.54. The van der Waals surface area contributed by atoms with E-state index in [0.29, 0.717) is 0 Å². The first-order valence-corrected chi connectivity index (χ1v) is 8.11. The second-order valence-electron chi connectivity index (χ2n) is 4.95. The predicted octanol–water partition coefficient (Wildman–Crippen LogP) is 1.81. The van der Waals surface area contributed by atoms with Gasteiger partial charge in [0.25, 0.3) is 0 Å². The molecule has 6 nitrogen and oxygen atoms in total. The molecule has 1 atom stereocenters. The third kappa shape index (κ3) is 3.25. The van der Waals surface area contributed by atoms with E-state index in [9.17, 15) is 8.42 Å². The maximum absolute atomic E-state index is 11.9. The Bertz CT molecular complexity index is 737. The first-order valence-electron chi connectivity index (χ1n) is 6.63. The van der Waals surface area contributed by atoms with Gasteiger partial charge in [-0.1, -0.05) is 6.07 Å². The van der Waals surface area contributed by atoms with Crippen molar-refractivity contribution >= 4 is 15.7 Å². The second kappa shape index (κ2) is 5.87. The van der Waals surface area contributed by atoms with Crippen molar-refractivity contribution in [1.82, 2.24) is 14.3 Å². The molecule has 21 heavy (non-hydrogen) atoms. The monoisotopic (exact) mass is 308 g/mol. The minimum atomic E-state index is -3.45. The van der Waals surface area contributed by atoms with Crippen LogP contribution in [0.1, 0.15) is 24.4 Å². The summed E-state index contributed by atoms with van der Waals surface area (Å²) in [6.07, 6.45) is 3.62. The number of nitrogens with one attached hydrogen (secondary N) is 2. The minimum Gasteiger partial charge on any atom is -0.375 e. The standard InChI is InChI=1S/C14H20N4O2S/c1-10-5-6-12(21(19,20)15-3)9-13(10)17-11(2)14-16-7-8-18(14)4/h5-9,11,15,17H,1-4H3. The van der Waals surface area contributed by atoms with Crippen LogP contribution in [0.4, 0.5) is 5.69 Å². The SMILES string of the molecule is CNS(=O)(=O)c1ccc(C)c(NC(C)c2nccn2C)c1. The van der Waals surface area contributed by atoms with Crippen LogP contribution in [0.5, 0.6) is 0 Å². The average molecular weight is 308 g/mol. The zero-order chi connectivity index (χ0) is 15.6. The van der Waals surface area contributed by atoms with Gasteiger partial charge in [-0.15, -0.1) is 0 Å². The number of anilines is 1. The van der Waals surface area contributed by atoms with Crippen LogP contribution >= 0.6 is 0 Å². The molecule has 0 aliphatic carbocycles. The van der Waals surface area contributed by atoms with E-state index in [2.05, 4.69) is 15.0 Å². The summed E-state index contributed by atoms with van der Waals surface area (Å²) in [5, 5.41) is 3.31. The van der Waals surface area contributed by atoms with Gasteiger partial charge in [-0.2, -0.15) is 0 Å². The van der Waals surface area contributed by atoms with Gasteiger partial charge in [0.1, 0.15) is 5.82 Å². The van der Waals surface area contributed by atoms with Crippen molar-refractivity contribution < 1.29 is 8.42 Å². The van der Waals surface area contributed by atoms with E-state index in [1.165, 1.54) is 7.05 Å². The summed E-state index contributed by atoms with van der Waals surface area (Å²) in [7, 11) is -0.119. The van der Waals surface area contributed by atoms with E-state index in [4.69, 9.17) is 0 Å². The van der Waals surface area contributed by atoms with Gasteiger partial charge in [-0.25, -0.2) is 18.1 Å². The molecule has 1 heterocycles. The lowest BCUT2D eigenvalue weighted by molar-refractivity contribution is 0.588. The van der Waals surface area contributed by atoms with Crippen molar-refractivity contribution in [3.05, 3.63) is 42.0 Å². The van der Waals surface area contributed by atoms with Crippen molar-refractivity contribution in [2.75, 3.05) is 12.4 Å². The van der Waals surface area contributed by atoms with Crippen LogP contribution in [0, 0.1) is 6.92 Å². The molecule has 1 unspecified atom stereocenters. The Balaban J connectivity index is 2.32. The van der Waals surface area contributed by atoms with Crippen molar-refractivity contribution in [1.29, 1.82) is 0 Å². The highest BCUT2D eigenvalue weighted by Crippen LogP contribution is 2.24. The van der Waals surface area contributed by atoms with Gasteiger partial charge in [-0.05, 0) is 38.6 Å². The Morgan fingerprint density at radius 3 is 2.62 bits per heavy atom. The average Bonchev–Trinajstić information content (AvgIpc) is 2.87. The maximum atomic E-state index is 11.9. The summed E-state index contributed by atoms with van der Waals surface area (Å²) in [6.45, 7) is 3.92. The third-order valence-electron chi connectivity index (χ3n) is 3.41.